The van der Waals surface area contributed by atoms with Crippen molar-refractivity contribution < 1.29 is 24.5 Å². The Labute approximate surface area is 128 Å². The minimum atomic E-state index is -0.146. The highest BCUT2D eigenvalue weighted by molar-refractivity contribution is 5.81. The highest BCUT2D eigenvalue weighted by Crippen LogP contribution is 2.31. The minimum absolute atomic E-state index is 0.0980. The molecule has 0 aliphatic carbocycles. The van der Waals surface area contributed by atoms with E-state index in [1.807, 2.05) is 6.07 Å². The Balaban J connectivity index is 2.19. The van der Waals surface area contributed by atoms with Crippen LogP contribution in [0.2, 0.25) is 0 Å². The normalized spacial score (nSPS) is 10.3. The number of aromatic hydroxyl groups is 2. The maximum absolute atomic E-state index is 11.0. The number of rotatable bonds is 6. The van der Waals surface area contributed by atoms with E-state index in [4.69, 9.17) is 9.47 Å². The molecule has 2 aromatic rings. The van der Waals surface area contributed by atoms with E-state index in [0.717, 1.165) is 11.1 Å². The number of carbonyl (C=O) groups is 1. The van der Waals surface area contributed by atoms with Gasteiger partial charge in [0.15, 0.2) is 29.3 Å². The van der Waals surface area contributed by atoms with E-state index >= 15 is 0 Å². The van der Waals surface area contributed by atoms with Crippen LogP contribution in [0.4, 0.5) is 0 Å². The molecule has 0 fully saturated rings. The molecule has 5 heteroatoms. The average Bonchev–Trinajstić information content (AvgIpc) is 2.54. The van der Waals surface area contributed by atoms with Crippen molar-refractivity contribution >= 4 is 6.29 Å². The van der Waals surface area contributed by atoms with Gasteiger partial charge < -0.3 is 19.7 Å². The SMILES string of the molecule is COc1cc(CCc2cc(C=O)c(O)c(OC)c2)ccc1O. The summed E-state index contributed by atoms with van der Waals surface area (Å²) >= 11 is 0. The lowest BCUT2D eigenvalue weighted by Gasteiger charge is -2.10. The zero-order chi connectivity index (χ0) is 16.1. The van der Waals surface area contributed by atoms with Crippen LogP contribution in [-0.2, 0) is 12.8 Å². The molecule has 2 N–H and O–H groups in total. The summed E-state index contributed by atoms with van der Waals surface area (Å²) in [5.74, 6) is 0.658. The molecule has 0 bridgehead atoms. The van der Waals surface area contributed by atoms with Gasteiger partial charge in [-0.2, -0.15) is 0 Å². The van der Waals surface area contributed by atoms with E-state index in [9.17, 15) is 15.0 Å². The van der Waals surface area contributed by atoms with Gasteiger partial charge in [0, 0.05) is 0 Å². The summed E-state index contributed by atoms with van der Waals surface area (Å²) in [5, 5.41) is 19.4. The maximum atomic E-state index is 11.0. The lowest BCUT2D eigenvalue weighted by atomic mass is 10.0. The highest BCUT2D eigenvalue weighted by atomic mass is 16.5. The van der Waals surface area contributed by atoms with Crippen molar-refractivity contribution in [1.29, 1.82) is 0 Å². The summed E-state index contributed by atoms with van der Waals surface area (Å²) in [5.41, 5.74) is 2.08. The smallest absolute Gasteiger partial charge is 0.168 e. The fraction of sp³-hybridized carbons (Fsp3) is 0.235. The van der Waals surface area contributed by atoms with Crippen molar-refractivity contribution in [3.63, 3.8) is 0 Å². The Morgan fingerprint density at radius 2 is 1.59 bits per heavy atom. The molecular weight excluding hydrogens is 284 g/mol. The summed E-state index contributed by atoms with van der Waals surface area (Å²) in [6.45, 7) is 0. The molecule has 116 valence electrons. The Bertz CT molecular complexity index is 679. The van der Waals surface area contributed by atoms with E-state index in [-0.39, 0.29) is 22.8 Å². The maximum Gasteiger partial charge on any atom is 0.168 e. The number of aldehydes is 1. The first-order chi connectivity index (χ1) is 10.6. The number of hydrogen-bond acceptors (Lipinski definition) is 5. The van der Waals surface area contributed by atoms with Gasteiger partial charge in [0.05, 0.1) is 19.8 Å². The van der Waals surface area contributed by atoms with Gasteiger partial charge in [0.25, 0.3) is 0 Å². The van der Waals surface area contributed by atoms with Gasteiger partial charge in [-0.1, -0.05) is 6.07 Å². The number of phenolic OH excluding ortho intramolecular Hbond substituents is 2. The largest absolute Gasteiger partial charge is 0.504 e. The van der Waals surface area contributed by atoms with Crippen LogP contribution in [0.5, 0.6) is 23.0 Å². The minimum Gasteiger partial charge on any atom is -0.504 e. The molecule has 0 unspecified atom stereocenters. The Hall–Kier alpha value is -2.69. The van der Waals surface area contributed by atoms with Gasteiger partial charge in [-0.3, -0.25) is 4.79 Å². The molecule has 0 aromatic heterocycles. The number of benzene rings is 2. The van der Waals surface area contributed by atoms with Gasteiger partial charge in [-0.15, -0.1) is 0 Å². The van der Waals surface area contributed by atoms with Gasteiger partial charge >= 0.3 is 0 Å². The van der Waals surface area contributed by atoms with Crippen LogP contribution in [0.25, 0.3) is 0 Å². The summed E-state index contributed by atoms with van der Waals surface area (Å²) in [4.78, 5) is 11.0. The zero-order valence-electron chi connectivity index (χ0n) is 12.5. The second-order valence-electron chi connectivity index (χ2n) is 4.86. The Kier molecular flexibility index (Phi) is 4.88. The molecule has 0 aliphatic heterocycles. The topological polar surface area (TPSA) is 76.0 Å². The van der Waals surface area contributed by atoms with Gasteiger partial charge in [0.1, 0.15) is 0 Å². The van der Waals surface area contributed by atoms with E-state index in [2.05, 4.69) is 0 Å². The molecule has 0 heterocycles. The molecule has 0 spiro atoms. The number of phenols is 2. The van der Waals surface area contributed by atoms with E-state index in [0.29, 0.717) is 24.9 Å². The third kappa shape index (κ3) is 3.31. The van der Waals surface area contributed by atoms with Gasteiger partial charge in [-0.25, -0.2) is 0 Å². The van der Waals surface area contributed by atoms with Crippen LogP contribution < -0.4 is 9.47 Å². The molecule has 0 saturated carbocycles. The van der Waals surface area contributed by atoms with E-state index in [1.54, 1.807) is 24.3 Å². The van der Waals surface area contributed by atoms with E-state index in [1.165, 1.54) is 14.2 Å². The number of aryl methyl sites for hydroxylation is 2. The van der Waals surface area contributed by atoms with Crippen LogP contribution >= 0.6 is 0 Å². The summed E-state index contributed by atoms with van der Waals surface area (Å²) in [6.07, 6.45) is 1.96. The Morgan fingerprint density at radius 1 is 0.955 bits per heavy atom. The van der Waals surface area contributed by atoms with Crippen LogP contribution in [0.1, 0.15) is 21.5 Å². The predicted molar refractivity (Wildman–Crippen MR) is 82.1 cm³/mol. The summed E-state index contributed by atoms with van der Waals surface area (Å²) in [6, 6.07) is 8.52. The quantitative estimate of drug-likeness (QED) is 0.802. The third-order valence-corrected chi connectivity index (χ3v) is 3.46. The van der Waals surface area contributed by atoms with Crippen molar-refractivity contribution in [2.24, 2.45) is 0 Å². The van der Waals surface area contributed by atoms with Crippen LogP contribution in [0.3, 0.4) is 0 Å². The van der Waals surface area contributed by atoms with Gasteiger partial charge in [-0.05, 0) is 48.2 Å². The molecule has 0 saturated heterocycles. The summed E-state index contributed by atoms with van der Waals surface area (Å²) in [7, 11) is 2.94. The number of ether oxygens (including phenoxy) is 2. The molecule has 2 rings (SSSR count). The molecule has 0 radical (unpaired) electrons. The van der Waals surface area contributed by atoms with Crippen molar-refractivity contribution in [2.75, 3.05) is 14.2 Å². The highest BCUT2D eigenvalue weighted by Gasteiger charge is 2.10. The van der Waals surface area contributed by atoms with Crippen molar-refractivity contribution in [3.05, 3.63) is 47.0 Å². The van der Waals surface area contributed by atoms with E-state index < -0.39 is 0 Å². The average molecular weight is 302 g/mol. The molecule has 0 amide bonds. The van der Waals surface area contributed by atoms with Crippen molar-refractivity contribution in [3.8, 4) is 23.0 Å². The first-order valence-electron chi connectivity index (χ1n) is 6.80. The molecule has 0 aliphatic rings. The fourth-order valence-corrected chi connectivity index (χ4v) is 2.24. The molecule has 2 aromatic carbocycles. The second-order valence-corrected chi connectivity index (χ2v) is 4.86. The van der Waals surface area contributed by atoms with Crippen LogP contribution in [-0.4, -0.2) is 30.7 Å². The molecule has 5 nitrogen and oxygen atoms in total. The number of carbonyl (C=O) groups excluding carboxylic acids is 1. The standard InChI is InChI=1S/C17H18O5/c1-21-15-8-11(5-6-14(15)19)3-4-12-7-13(10-18)17(20)16(9-12)22-2/h5-10,19-20H,3-4H2,1-2H3. The first kappa shape index (κ1) is 15.7. The summed E-state index contributed by atoms with van der Waals surface area (Å²) < 4.78 is 10.1. The lowest BCUT2D eigenvalue weighted by molar-refractivity contribution is 0.112. The first-order valence-corrected chi connectivity index (χ1v) is 6.80. The van der Waals surface area contributed by atoms with Crippen LogP contribution in [0, 0.1) is 0 Å². The van der Waals surface area contributed by atoms with Crippen LogP contribution in [0.15, 0.2) is 30.3 Å². The molecular formula is C17H18O5. The zero-order valence-corrected chi connectivity index (χ0v) is 12.5. The van der Waals surface area contributed by atoms with Crippen molar-refractivity contribution in [1.82, 2.24) is 0 Å². The monoisotopic (exact) mass is 302 g/mol. The van der Waals surface area contributed by atoms with Gasteiger partial charge in [0.2, 0.25) is 0 Å². The lowest BCUT2D eigenvalue weighted by Crippen LogP contribution is -1.96. The Morgan fingerprint density at radius 3 is 2.23 bits per heavy atom. The second kappa shape index (κ2) is 6.85. The molecule has 22 heavy (non-hydrogen) atoms. The number of methoxy groups -OCH3 is 2. The fourth-order valence-electron chi connectivity index (χ4n) is 2.24. The van der Waals surface area contributed by atoms with Crippen molar-refractivity contribution in [2.45, 2.75) is 12.8 Å². The third-order valence-electron chi connectivity index (χ3n) is 3.46. The molecule has 0 atom stereocenters. The predicted octanol–water partition coefficient (Wildman–Crippen LogP) is 2.71. The number of hydrogen-bond donors (Lipinski definition) is 2.